The number of nitrogens with zero attached hydrogens (tertiary/aromatic N) is 1. The van der Waals surface area contributed by atoms with E-state index in [4.69, 9.17) is 9.47 Å². The molecule has 0 aliphatic rings. The molecule has 2 atom stereocenters. The van der Waals surface area contributed by atoms with Crippen LogP contribution in [0.2, 0.25) is 0 Å². The van der Waals surface area contributed by atoms with Crippen LogP contribution in [0.5, 0.6) is 0 Å². The Bertz CT molecular complexity index is 531. The van der Waals surface area contributed by atoms with E-state index in [-0.39, 0.29) is 0 Å². The molecule has 0 saturated carbocycles. The molecule has 0 heterocycles. The normalized spacial score (nSPS) is 13.1. The van der Waals surface area contributed by atoms with Crippen LogP contribution in [0.3, 0.4) is 0 Å². The second-order valence-corrected chi connectivity index (χ2v) is 14.8. The Morgan fingerprint density at radius 2 is 0.617 bits per heavy atom. The van der Waals surface area contributed by atoms with Gasteiger partial charge in [-0.05, 0) is 25.8 Å². The Morgan fingerprint density at radius 1 is 0.362 bits per heavy atom. The lowest BCUT2D eigenvalue weighted by Crippen LogP contribution is -2.41. The molecular formula is C42H87NO4. The molecule has 0 aromatic carbocycles. The summed E-state index contributed by atoms with van der Waals surface area (Å²) < 4.78 is 11.7. The van der Waals surface area contributed by atoms with Crippen molar-refractivity contribution in [2.75, 3.05) is 46.1 Å². The first-order chi connectivity index (χ1) is 23.1. The first-order valence-corrected chi connectivity index (χ1v) is 21.4. The summed E-state index contributed by atoms with van der Waals surface area (Å²) in [4.78, 5) is 2.25. The summed E-state index contributed by atoms with van der Waals surface area (Å²) in [7, 11) is 0. The topological polar surface area (TPSA) is 62.2 Å². The van der Waals surface area contributed by atoms with Crippen LogP contribution < -0.4 is 0 Å². The van der Waals surface area contributed by atoms with Crippen molar-refractivity contribution in [2.45, 2.75) is 226 Å². The second-order valence-electron chi connectivity index (χ2n) is 14.8. The van der Waals surface area contributed by atoms with Crippen molar-refractivity contribution in [1.29, 1.82) is 0 Å². The summed E-state index contributed by atoms with van der Waals surface area (Å²) in [6, 6.07) is 0. The van der Waals surface area contributed by atoms with Gasteiger partial charge in [0.05, 0.1) is 25.4 Å². The standard InChI is InChI=1S/C42H87NO4/c1-4-7-10-13-16-19-20-21-22-23-24-25-28-31-34-43(37-41(44)39-46-35-32-29-26-17-14-11-8-5-2)38-42(45)40-47-36-33-30-27-18-15-12-9-6-3/h41-42,44-45H,4-40H2,1-3H3. The molecule has 0 fully saturated rings. The zero-order valence-electron chi connectivity index (χ0n) is 32.5. The molecule has 0 radical (unpaired) electrons. The van der Waals surface area contributed by atoms with Gasteiger partial charge in [-0.1, -0.05) is 194 Å². The zero-order valence-corrected chi connectivity index (χ0v) is 32.5. The summed E-state index contributed by atoms with van der Waals surface area (Å²) in [5, 5.41) is 21.5. The van der Waals surface area contributed by atoms with Crippen molar-refractivity contribution >= 4 is 0 Å². The molecule has 0 saturated heterocycles. The van der Waals surface area contributed by atoms with Crippen LogP contribution in [0, 0.1) is 0 Å². The van der Waals surface area contributed by atoms with Gasteiger partial charge < -0.3 is 19.7 Å². The molecule has 5 nitrogen and oxygen atoms in total. The molecular weight excluding hydrogens is 582 g/mol. The quantitative estimate of drug-likeness (QED) is 0.0634. The van der Waals surface area contributed by atoms with E-state index in [1.54, 1.807) is 0 Å². The van der Waals surface area contributed by atoms with E-state index in [0.29, 0.717) is 26.3 Å². The Labute approximate surface area is 295 Å². The van der Waals surface area contributed by atoms with Crippen LogP contribution in [-0.4, -0.2) is 73.4 Å². The zero-order chi connectivity index (χ0) is 34.3. The van der Waals surface area contributed by atoms with Gasteiger partial charge >= 0.3 is 0 Å². The average molecular weight is 670 g/mol. The summed E-state index contributed by atoms with van der Waals surface area (Å²) in [5.41, 5.74) is 0. The van der Waals surface area contributed by atoms with Gasteiger partial charge in [0.15, 0.2) is 0 Å². The van der Waals surface area contributed by atoms with Crippen LogP contribution >= 0.6 is 0 Å². The fraction of sp³-hybridized carbons (Fsp3) is 1.00. The smallest absolute Gasteiger partial charge is 0.0900 e. The van der Waals surface area contributed by atoms with Gasteiger partial charge in [-0.2, -0.15) is 0 Å². The minimum Gasteiger partial charge on any atom is -0.389 e. The molecule has 284 valence electrons. The van der Waals surface area contributed by atoms with Crippen molar-refractivity contribution in [1.82, 2.24) is 4.90 Å². The maximum Gasteiger partial charge on any atom is 0.0900 e. The summed E-state index contributed by atoms with van der Waals surface area (Å²) in [6.07, 6.45) is 38.6. The molecule has 2 unspecified atom stereocenters. The van der Waals surface area contributed by atoms with E-state index in [0.717, 1.165) is 39.0 Å². The van der Waals surface area contributed by atoms with Crippen LogP contribution in [0.15, 0.2) is 0 Å². The first kappa shape index (κ1) is 46.8. The van der Waals surface area contributed by atoms with Crippen LogP contribution in [0.1, 0.15) is 213 Å². The molecule has 0 spiro atoms. The lowest BCUT2D eigenvalue weighted by atomic mass is 10.0. The Balaban J connectivity index is 4.18. The molecule has 0 amide bonds. The number of hydrogen-bond donors (Lipinski definition) is 2. The third kappa shape index (κ3) is 38.5. The van der Waals surface area contributed by atoms with Gasteiger partial charge in [-0.25, -0.2) is 0 Å². The minimum absolute atomic E-state index is 0.386. The number of hydrogen-bond acceptors (Lipinski definition) is 5. The van der Waals surface area contributed by atoms with Crippen molar-refractivity contribution in [3.05, 3.63) is 0 Å². The first-order valence-electron chi connectivity index (χ1n) is 21.4. The van der Waals surface area contributed by atoms with Gasteiger partial charge in [0.1, 0.15) is 0 Å². The summed E-state index contributed by atoms with van der Waals surface area (Å²) >= 11 is 0. The highest BCUT2D eigenvalue weighted by molar-refractivity contribution is 4.69. The molecule has 0 aromatic heterocycles. The van der Waals surface area contributed by atoms with Gasteiger partial charge in [0.2, 0.25) is 0 Å². The Hall–Kier alpha value is -0.200. The molecule has 2 N–H and O–H groups in total. The lowest BCUT2D eigenvalue weighted by molar-refractivity contribution is -0.0113. The Morgan fingerprint density at radius 3 is 0.915 bits per heavy atom. The van der Waals surface area contributed by atoms with E-state index >= 15 is 0 Å². The predicted octanol–water partition coefficient (Wildman–Crippen LogP) is 11.8. The summed E-state index contributed by atoms with van der Waals surface area (Å²) in [6.45, 7) is 11.1. The SMILES string of the molecule is CCCCCCCCCCCCCCCCN(CC(O)COCCCCCCCCCC)CC(O)COCCCCCCCCCC. The number of aliphatic hydroxyl groups excluding tert-OH is 2. The van der Waals surface area contributed by atoms with Gasteiger partial charge in [0.25, 0.3) is 0 Å². The minimum atomic E-state index is -0.513. The molecule has 0 aliphatic heterocycles. The van der Waals surface area contributed by atoms with Gasteiger partial charge in [0, 0.05) is 26.3 Å². The molecule has 47 heavy (non-hydrogen) atoms. The van der Waals surface area contributed by atoms with E-state index < -0.39 is 12.2 Å². The molecule has 5 heteroatoms. The number of unbranched alkanes of at least 4 members (excludes halogenated alkanes) is 27. The highest BCUT2D eigenvalue weighted by Gasteiger charge is 2.16. The molecule has 0 aromatic rings. The van der Waals surface area contributed by atoms with Crippen LogP contribution in [-0.2, 0) is 9.47 Å². The van der Waals surface area contributed by atoms with Crippen LogP contribution in [0.25, 0.3) is 0 Å². The van der Waals surface area contributed by atoms with E-state index in [2.05, 4.69) is 25.7 Å². The number of rotatable bonds is 41. The van der Waals surface area contributed by atoms with Crippen molar-refractivity contribution in [3.8, 4) is 0 Å². The van der Waals surface area contributed by atoms with Crippen molar-refractivity contribution in [2.24, 2.45) is 0 Å². The largest absolute Gasteiger partial charge is 0.389 e. The number of ether oxygens (including phenoxy) is 2. The Kier molecular flexibility index (Phi) is 40.1. The van der Waals surface area contributed by atoms with Gasteiger partial charge in [-0.15, -0.1) is 0 Å². The van der Waals surface area contributed by atoms with Crippen molar-refractivity contribution in [3.63, 3.8) is 0 Å². The maximum atomic E-state index is 10.8. The second kappa shape index (κ2) is 40.2. The third-order valence-corrected chi connectivity index (χ3v) is 9.67. The monoisotopic (exact) mass is 670 g/mol. The third-order valence-electron chi connectivity index (χ3n) is 9.67. The van der Waals surface area contributed by atoms with E-state index in [1.807, 2.05) is 0 Å². The van der Waals surface area contributed by atoms with Crippen LogP contribution in [0.4, 0.5) is 0 Å². The maximum absolute atomic E-state index is 10.8. The van der Waals surface area contributed by atoms with E-state index in [1.165, 1.54) is 173 Å². The average Bonchev–Trinajstić information content (AvgIpc) is 3.06. The molecule has 0 bridgehead atoms. The van der Waals surface area contributed by atoms with Gasteiger partial charge in [-0.3, -0.25) is 4.90 Å². The number of aliphatic hydroxyl groups is 2. The fourth-order valence-corrected chi connectivity index (χ4v) is 6.60. The van der Waals surface area contributed by atoms with Crippen molar-refractivity contribution < 1.29 is 19.7 Å². The highest BCUT2D eigenvalue weighted by Crippen LogP contribution is 2.14. The lowest BCUT2D eigenvalue weighted by Gasteiger charge is -2.27. The highest BCUT2D eigenvalue weighted by atomic mass is 16.5. The molecule has 0 rings (SSSR count). The fourth-order valence-electron chi connectivity index (χ4n) is 6.60. The molecule has 0 aliphatic carbocycles. The summed E-state index contributed by atoms with van der Waals surface area (Å²) in [5.74, 6) is 0. The predicted molar refractivity (Wildman–Crippen MR) is 206 cm³/mol. The van der Waals surface area contributed by atoms with E-state index in [9.17, 15) is 10.2 Å².